The van der Waals surface area contributed by atoms with Gasteiger partial charge in [-0.05, 0) is 31.6 Å². The Morgan fingerprint density at radius 1 is 1.38 bits per heavy atom. The molecule has 0 saturated heterocycles. The highest BCUT2D eigenvalue weighted by molar-refractivity contribution is 7.89. The van der Waals surface area contributed by atoms with Crippen molar-refractivity contribution in [3.05, 3.63) is 11.8 Å². The molecule has 0 aromatic carbocycles. The Balaban J connectivity index is 1.81. The summed E-state index contributed by atoms with van der Waals surface area (Å²) in [5.74, 6) is 0.556. The predicted octanol–water partition coefficient (Wildman–Crippen LogP) is 1.47. The molecule has 6 nitrogen and oxygen atoms in total. The molecule has 0 amide bonds. The number of hydrogen-bond donors (Lipinski definition) is 2. The summed E-state index contributed by atoms with van der Waals surface area (Å²) >= 11 is 0. The van der Waals surface area contributed by atoms with Gasteiger partial charge in [0.2, 0.25) is 0 Å². The highest BCUT2D eigenvalue weighted by atomic mass is 32.2. The average molecular weight is 312 g/mol. The van der Waals surface area contributed by atoms with Crippen LogP contribution >= 0.6 is 0 Å². The van der Waals surface area contributed by atoms with Crippen molar-refractivity contribution in [1.82, 2.24) is 19.8 Å². The smallest absolute Gasteiger partial charge is 0.260 e. The summed E-state index contributed by atoms with van der Waals surface area (Å²) < 4.78 is 27.6. The van der Waals surface area contributed by atoms with Crippen LogP contribution in [0.3, 0.4) is 0 Å². The van der Waals surface area contributed by atoms with E-state index >= 15 is 0 Å². The van der Waals surface area contributed by atoms with Gasteiger partial charge < -0.3 is 5.32 Å². The van der Waals surface area contributed by atoms with E-state index in [-0.39, 0.29) is 11.1 Å². The van der Waals surface area contributed by atoms with Gasteiger partial charge in [0, 0.05) is 30.7 Å². The zero-order chi connectivity index (χ0) is 15.0. The lowest BCUT2D eigenvalue weighted by Crippen LogP contribution is -2.36. The molecule has 2 aliphatic rings. The number of rotatable bonds is 8. The molecular weight excluding hydrogens is 288 g/mol. The molecule has 3 rings (SSSR count). The zero-order valence-electron chi connectivity index (χ0n) is 12.7. The van der Waals surface area contributed by atoms with Crippen molar-refractivity contribution in [1.29, 1.82) is 0 Å². The van der Waals surface area contributed by atoms with E-state index in [1.54, 1.807) is 10.5 Å². The number of nitrogens with zero attached hydrogens (tertiary/aromatic N) is 2. The third-order valence-corrected chi connectivity index (χ3v) is 5.97. The lowest BCUT2D eigenvalue weighted by Gasteiger charge is -2.21. The van der Waals surface area contributed by atoms with Crippen molar-refractivity contribution >= 4 is 10.0 Å². The van der Waals surface area contributed by atoms with Crippen molar-refractivity contribution in [3.8, 4) is 0 Å². The largest absolute Gasteiger partial charge is 0.310 e. The third-order valence-electron chi connectivity index (χ3n) is 4.03. The van der Waals surface area contributed by atoms with Gasteiger partial charge >= 0.3 is 0 Å². The first-order chi connectivity index (χ1) is 9.98. The standard InChI is InChI=1S/C14H24N4O2S/c1-10(2)15-7-12-8-16-17-14(12)21(19,20)18(13-5-6-13)9-11-3-4-11/h8,10-11,13,15H,3-7,9H2,1-2H3,(H,16,17). The molecule has 0 atom stereocenters. The summed E-state index contributed by atoms with van der Waals surface area (Å²) in [6.45, 7) is 5.27. The Morgan fingerprint density at radius 3 is 2.67 bits per heavy atom. The topological polar surface area (TPSA) is 78.1 Å². The van der Waals surface area contributed by atoms with Crippen LogP contribution in [0, 0.1) is 5.92 Å². The molecule has 2 aliphatic carbocycles. The van der Waals surface area contributed by atoms with Crippen molar-refractivity contribution in [3.63, 3.8) is 0 Å². The van der Waals surface area contributed by atoms with Gasteiger partial charge in [-0.3, -0.25) is 5.10 Å². The quantitative estimate of drug-likeness (QED) is 0.762. The highest BCUT2D eigenvalue weighted by Crippen LogP contribution is 2.38. The molecule has 2 N–H and O–H groups in total. The Labute approximate surface area is 126 Å². The molecule has 0 unspecified atom stereocenters. The zero-order valence-corrected chi connectivity index (χ0v) is 13.5. The number of H-pyrrole nitrogens is 1. The fraction of sp³-hybridized carbons (Fsp3) is 0.786. The van der Waals surface area contributed by atoms with Crippen LogP contribution in [0.5, 0.6) is 0 Å². The Morgan fingerprint density at radius 2 is 2.10 bits per heavy atom. The van der Waals surface area contributed by atoms with E-state index in [9.17, 15) is 8.42 Å². The van der Waals surface area contributed by atoms with E-state index in [1.165, 1.54) is 0 Å². The molecule has 1 heterocycles. The van der Waals surface area contributed by atoms with Crippen molar-refractivity contribution in [2.24, 2.45) is 5.92 Å². The number of sulfonamides is 1. The number of nitrogens with one attached hydrogen (secondary N) is 2. The molecule has 2 saturated carbocycles. The summed E-state index contributed by atoms with van der Waals surface area (Å²) in [5.41, 5.74) is 0.727. The number of hydrogen-bond acceptors (Lipinski definition) is 4. The van der Waals surface area contributed by atoms with Gasteiger partial charge in [-0.25, -0.2) is 8.42 Å². The number of aromatic amines is 1. The van der Waals surface area contributed by atoms with Gasteiger partial charge in [-0.1, -0.05) is 13.8 Å². The Hall–Kier alpha value is -0.920. The molecule has 7 heteroatoms. The van der Waals surface area contributed by atoms with Crippen LogP contribution in [0.25, 0.3) is 0 Å². The van der Waals surface area contributed by atoms with Gasteiger partial charge in [-0.2, -0.15) is 9.40 Å². The minimum Gasteiger partial charge on any atom is -0.310 e. The molecule has 2 fully saturated rings. The van der Waals surface area contributed by atoms with E-state index in [4.69, 9.17) is 0 Å². The van der Waals surface area contributed by atoms with Gasteiger partial charge in [0.25, 0.3) is 10.0 Å². The molecule has 0 bridgehead atoms. The van der Waals surface area contributed by atoms with Crippen LogP contribution in [0.2, 0.25) is 0 Å². The first kappa shape index (κ1) is 15.0. The first-order valence-corrected chi connectivity index (χ1v) is 9.20. The Kier molecular flexibility index (Phi) is 4.07. The molecular formula is C14H24N4O2S. The normalized spacial score (nSPS) is 19.6. The van der Waals surface area contributed by atoms with Crippen LogP contribution in [-0.2, 0) is 16.6 Å². The molecule has 118 valence electrons. The second-order valence-corrected chi connectivity index (χ2v) is 8.34. The SMILES string of the molecule is CC(C)NCc1cn[nH]c1S(=O)(=O)N(CC1CC1)C1CC1. The highest BCUT2D eigenvalue weighted by Gasteiger charge is 2.42. The van der Waals surface area contributed by atoms with Crippen LogP contribution in [0.15, 0.2) is 11.2 Å². The average Bonchev–Trinajstić information content (AvgIpc) is 3.32. The van der Waals surface area contributed by atoms with E-state index in [0.717, 1.165) is 31.2 Å². The minimum atomic E-state index is -3.45. The molecule has 0 radical (unpaired) electrons. The van der Waals surface area contributed by atoms with Crippen molar-refractivity contribution < 1.29 is 8.42 Å². The summed E-state index contributed by atoms with van der Waals surface area (Å²) in [7, 11) is -3.45. The van der Waals surface area contributed by atoms with E-state index in [0.29, 0.717) is 25.0 Å². The summed E-state index contributed by atoms with van der Waals surface area (Å²) in [4.78, 5) is 0. The maximum absolute atomic E-state index is 12.9. The van der Waals surface area contributed by atoms with E-state index in [1.807, 2.05) is 13.8 Å². The lowest BCUT2D eigenvalue weighted by molar-refractivity contribution is 0.386. The molecule has 21 heavy (non-hydrogen) atoms. The van der Waals surface area contributed by atoms with Crippen LogP contribution in [-0.4, -0.2) is 41.5 Å². The molecule has 0 aliphatic heterocycles. The second-order valence-electron chi connectivity index (χ2n) is 6.51. The van der Waals surface area contributed by atoms with Crippen molar-refractivity contribution in [2.45, 2.75) is 63.2 Å². The van der Waals surface area contributed by atoms with Gasteiger partial charge in [0.05, 0.1) is 6.20 Å². The van der Waals surface area contributed by atoms with Gasteiger partial charge in [0.1, 0.15) is 0 Å². The number of aromatic nitrogens is 2. The van der Waals surface area contributed by atoms with Crippen LogP contribution in [0.4, 0.5) is 0 Å². The Bertz CT molecular complexity index is 588. The minimum absolute atomic E-state index is 0.199. The van der Waals surface area contributed by atoms with Crippen molar-refractivity contribution in [2.75, 3.05) is 6.54 Å². The molecule has 0 spiro atoms. The lowest BCUT2D eigenvalue weighted by atomic mass is 10.3. The van der Waals surface area contributed by atoms with Crippen LogP contribution < -0.4 is 5.32 Å². The second kappa shape index (κ2) is 5.70. The van der Waals surface area contributed by atoms with Gasteiger partial charge in [-0.15, -0.1) is 0 Å². The molecule has 1 aromatic rings. The monoisotopic (exact) mass is 312 g/mol. The molecule has 1 aromatic heterocycles. The van der Waals surface area contributed by atoms with Gasteiger partial charge in [0.15, 0.2) is 5.03 Å². The van der Waals surface area contributed by atoms with E-state index < -0.39 is 10.0 Å². The maximum Gasteiger partial charge on any atom is 0.260 e. The first-order valence-electron chi connectivity index (χ1n) is 7.76. The fourth-order valence-corrected chi connectivity index (χ4v) is 4.31. The summed E-state index contributed by atoms with van der Waals surface area (Å²) in [6.07, 6.45) is 5.90. The van der Waals surface area contributed by atoms with E-state index in [2.05, 4.69) is 15.5 Å². The van der Waals surface area contributed by atoms with Crippen LogP contribution in [0.1, 0.15) is 45.1 Å². The summed E-state index contributed by atoms with van der Waals surface area (Å²) in [5, 5.41) is 10.2. The maximum atomic E-state index is 12.9. The predicted molar refractivity (Wildman–Crippen MR) is 80.2 cm³/mol. The third kappa shape index (κ3) is 3.46. The summed E-state index contributed by atoms with van der Waals surface area (Å²) in [6, 6.07) is 0.506. The fourth-order valence-electron chi connectivity index (χ4n) is 2.44.